The molecule has 0 saturated heterocycles. The second-order valence-corrected chi connectivity index (χ2v) is 14.7. The number of rotatable bonds is 11. The predicted molar refractivity (Wildman–Crippen MR) is 168 cm³/mol. The van der Waals surface area contributed by atoms with E-state index < -0.39 is 36.9 Å². The minimum atomic E-state index is -4.60. The van der Waals surface area contributed by atoms with Crippen molar-refractivity contribution in [2.45, 2.75) is 71.4 Å². The van der Waals surface area contributed by atoms with Crippen molar-refractivity contribution < 1.29 is 40.6 Å². The number of benzene rings is 1. The van der Waals surface area contributed by atoms with Crippen LogP contribution in [0.4, 0.5) is 13.2 Å². The highest BCUT2D eigenvalue weighted by atomic mass is 35.5. The standard InChI is InChI=1S/C29H31Cl3F3N4O6P/c1-8-9-17(43-46(40,44-27(2,3)4)45-28(5,6)7)15-41-23-12-19(30)18(11-20(23)31)24-37-26(42-38-24)22-14-39-13-16(29(33,34)35)10-21(32)25(39)36-22/h8,10-14,17H,1,9,15H2,2-7H3. The van der Waals surface area contributed by atoms with Gasteiger partial charge in [-0.3, -0.25) is 13.6 Å². The highest BCUT2D eigenvalue weighted by Gasteiger charge is 2.39. The van der Waals surface area contributed by atoms with Crippen molar-refractivity contribution in [3.63, 3.8) is 0 Å². The molecule has 1 atom stereocenters. The average molecular weight is 726 g/mol. The lowest BCUT2D eigenvalue weighted by Gasteiger charge is -2.33. The number of fused-ring (bicyclic) bond motifs is 1. The maximum Gasteiger partial charge on any atom is 0.476 e. The number of imidazole rings is 1. The fraction of sp³-hybridized carbons (Fsp3) is 0.414. The molecule has 0 spiro atoms. The Balaban J connectivity index is 1.54. The lowest BCUT2D eigenvalue weighted by molar-refractivity contribution is -0.137. The van der Waals surface area contributed by atoms with Crippen LogP contribution in [0.15, 0.2) is 47.8 Å². The summed E-state index contributed by atoms with van der Waals surface area (Å²) >= 11 is 19.1. The summed E-state index contributed by atoms with van der Waals surface area (Å²) < 4.78 is 82.8. The van der Waals surface area contributed by atoms with Crippen LogP contribution in [0.25, 0.3) is 28.6 Å². The second kappa shape index (κ2) is 13.5. The van der Waals surface area contributed by atoms with Gasteiger partial charge in [0.2, 0.25) is 5.82 Å². The van der Waals surface area contributed by atoms with Gasteiger partial charge in [-0.2, -0.15) is 18.2 Å². The lowest BCUT2D eigenvalue weighted by Crippen LogP contribution is -2.28. The van der Waals surface area contributed by atoms with Crippen molar-refractivity contribution in [1.29, 1.82) is 0 Å². The predicted octanol–water partition coefficient (Wildman–Crippen LogP) is 10.1. The molecule has 3 heterocycles. The van der Waals surface area contributed by atoms with Crippen LogP contribution >= 0.6 is 42.6 Å². The molecule has 17 heteroatoms. The summed E-state index contributed by atoms with van der Waals surface area (Å²) in [7, 11) is -4.06. The Labute approximate surface area is 278 Å². The maximum atomic E-state index is 13.6. The minimum Gasteiger partial charge on any atom is -0.489 e. The van der Waals surface area contributed by atoms with Crippen molar-refractivity contribution in [1.82, 2.24) is 19.5 Å². The number of alkyl halides is 3. The fourth-order valence-corrected chi connectivity index (χ4v) is 6.68. The van der Waals surface area contributed by atoms with E-state index in [2.05, 4.69) is 21.7 Å². The summed E-state index contributed by atoms with van der Waals surface area (Å²) in [4.78, 5) is 8.50. The van der Waals surface area contributed by atoms with Crippen molar-refractivity contribution in [2.75, 3.05) is 6.61 Å². The molecule has 1 unspecified atom stereocenters. The molecule has 4 aromatic rings. The Hall–Kier alpha value is -2.64. The first-order valence-electron chi connectivity index (χ1n) is 13.7. The van der Waals surface area contributed by atoms with Crippen LogP contribution in [0.3, 0.4) is 0 Å². The van der Waals surface area contributed by atoms with E-state index in [1.54, 1.807) is 47.6 Å². The Morgan fingerprint density at radius 2 is 1.63 bits per heavy atom. The summed E-state index contributed by atoms with van der Waals surface area (Å²) in [5.41, 5.74) is -2.20. The zero-order chi connectivity index (χ0) is 34.2. The quantitative estimate of drug-likeness (QED) is 0.110. The summed E-state index contributed by atoms with van der Waals surface area (Å²) in [6.45, 7) is 14.0. The van der Waals surface area contributed by atoms with Gasteiger partial charge in [0, 0.05) is 24.0 Å². The first kappa shape index (κ1) is 36.2. The number of hydrogen-bond acceptors (Lipinski definition) is 9. The van der Waals surface area contributed by atoms with Crippen molar-refractivity contribution in [3.05, 3.63) is 63.9 Å². The van der Waals surface area contributed by atoms with Crippen molar-refractivity contribution in [3.8, 4) is 28.7 Å². The lowest BCUT2D eigenvalue weighted by atomic mass is 10.2. The number of ether oxygens (including phenoxy) is 1. The monoisotopic (exact) mass is 724 g/mol. The number of aromatic nitrogens is 4. The third-order valence-electron chi connectivity index (χ3n) is 5.65. The van der Waals surface area contributed by atoms with E-state index in [9.17, 15) is 17.7 Å². The third-order valence-corrected chi connectivity index (χ3v) is 8.63. The Bertz CT molecular complexity index is 1760. The fourth-order valence-electron chi connectivity index (χ4n) is 3.99. The van der Waals surface area contributed by atoms with Gasteiger partial charge in [0.25, 0.3) is 5.89 Å². The van der Waals surface area contributed by atoms with Crippen molar-refractivity contribution in [2.24, 2.45) is 0 Å². The van der Waals surface area contributed by atoms with Gasteiger partial charge < -0.3 is 13.7 Å². The van der Waals surface area contributed by atoms with Crippen LogP contribution in [0.5, 0.6) is 5.75 Å². The van der Waals surface area contributed by atoms with Gasteiger partial charge in [0.1, 0.15) is 24.2 Å². The van der Waals surface area contributed by atoms with Crippen LogP contribution in [0.2, 0.25) is 15.1 Å². The highest BCUT2D eigenvalue weighted by molar-refractivity contribution is 7.48. The number of pyridine rings is 1. The zero-order valence-electron chi connectivity index (χ0n) is 25.6. The van der Waals surface area contributed by atoms with E-state index >= 15 is 0 Å². The van der Waals surface area contributed by atoms with Gasteiger partial charge in [0.05, 0.1) is 31.8 Å². The highest BCUT2D eigenvalue weighted by Crippen LogP contribution is 2.56. The largest absolute Gasteiger partial charge is 0.489 e. The number of phosphoric acid groups is 1. The number of phosphoric ester groups is 1. The van der Waals surface area contributed by atoms with E-state index in [4.69, 9.17) is 57.6 Å². The summed E-state index contributed by atoms with van der Waals surface area (Å²) in [6.07, 6.45) is -1.46. The van der Waals surface area contributed by atoms with Gasteiger partial charge in [-0.15, -0.1) is 6.58 Å². The number of hydrogen-bond donors (Lipinski definition) is 0. The third kappa shape index (κ3) is 9.25. The Morgan fingerprint density at radius 3 is 2.22 bits per heavy atom. The van der Waals surface area contributed by atoms with Crippen LogP contribution in [0, 0.1) is 0 Å². The molecule has 1 aromatic carbocycles. The molecule has 0 aliphatic carbocycles. The Kier molecular flexibility index (Phi) is 10.6. The molecule has 0 aliphatic rings. The van der Waals surface area contributed by atoms with E-state index in [-0.39, 0.29) is 62.5 Å². The molecular weight excluding hydrogens is 695 g/mol. The van der Waals surface area contributed by atoms with E-state index in [1.165, 1.54) is 18.3 Å². The SMILES string of the molecule is C=CCC(COc1cc(Cl)c(-c2noc(-c3cn4cc(C(F)(F)F)cc(Cl)c4n3)n2)cc1Cl)OP(=O)(OC(C)(C)C)OC(C)(C)C. The first-order valence-corrected chi connectivity index (χ1v) is 16.3. The van der Waals surface area contributed by atoms with Gasteiger partial charge in [-0.1, -0.05) is 46.0 Å². The van der Waals surface area contributed by atoms with E-state index in [1.807, 2.05) is 0 Å². The van der Waals surface area contributed by atoms with Crippen LogP contribution < -0.4 is 4.74 Å². The molecule has 46 heavy (non-hydrogen) atoms. The normalized spacial score (nSPS) is 13.7. The summed E-state index contributed by atoms with van der Waals surface area (Å²) in [5.74, 6) is 0.107. The zero-order valence-corrected chi connectivity index (χ0v) is 28.8. The van der Waals surface area contributed by atoms with Gasteiger partial charge >= 0.3 is 14.0 Å². The molecule has 0 fully saturated rings. The second-order valence-electron chi connectivity index (χ2n) is 12.0. The molecule has 3 aromatic heterocycles. The maximum absolute atomic E-state index is 13.6. The smallest absolute Gasteiger partial charge is 0.476 e. The summed E-state index contributed by atoms with van der Waals surface area (Å²) in [5, 5.41) is 3.97. The van der Waals surface area contributed by atoms with Gasteiger partial charge in [-0.25, -0.2) is 9.55 Å². The molecule has 4 rings (SSSR count). The van der Waals surface area contributed by atoms with Gasteiger partial charge in [0.15, 0.2) is 5.65 Å². The number of halogens is 6. The summed E-state index contributed by atoms with van der Waals surface area (Å²) in [6, 6.07) is 3.66. The molecule has 0 saturated carbocycles. The molecular formula is C29H31Cl3F3N4O6P. The topological polar surface area (TPSA) is 110 Å². The first-order chi connectivity index (χ1) is 21.2. The van der Waals surface area contributed by atoms with E-state index in [0.29, 0.717) is 0 Å². The number of nitrogens with zero attached hydrogens (tertiary/aromatic N) is 4. The molecule has 10 nitrogen and oxygen atoms in total. The van der Waals surface area contributed by atoms with Crippen LogP contribution in [-0.2, 0) is 24.3 Å². The Morgan fingerprint density at radius 1 is 0.978 bits per heavy atom. The van der Waals surface area contributed by atoms with Crippen molar-refractivity contribution >= 4 is 48.3 Å². The molecule has 0 aliphatic heterocycles. The average Bonchev–Trinajstić information content (AvgIpc) is 3.54. The van der Waals surface area contributed by atoms with Gasteiger partial charge in [-0.05, 0) is 60.1 Å². The minimum absolute atomic E-state index is 0.0278. The van der Waals surface area contributed by atoms with Crippen LogP contribution in [-0.4, -0.2) is 43.4 Å². The molecule has 0 radical (unpaired) electrons. The molecule has 250 valence electrons. The molecule has 0 bridgehead atoms. The van der Waals surface area contributed by atoms with Crippen LogP contribution in [0.1, 0.15) is 53.5 Å². The molecule has 0 amide bonds. The molecule has 0 N–H and O–H groups in total. The van der Waals surface area contributed by atoms with E-state index in [0.717, 1.165) is 16.7 Å².